The van der Waals surface area contributed by atoms with Gasteiger partial charge in [-0.05, 0) is 52.5 Å². The normalized spacial score (nSPS) is 14.7. The molecule has 50 heavy (non-hydrogen) atoms. The van der Waals surface area contributed by atoms with E-state index in [9.17, 15) is 4.11 Å². The van der Waals surface area contributed by atoms with Crippen LogP contribution in [0.25, 0.3) is 98.5 Å². The van der Waals surface area contributed by atoms with Gasteiger partial charge >= 0.3 is 0 Å². The van der Waals surface area contributed by atoms with E-state index in [4.69, 9.17) is 30.3 Å². The van der Waals surface area contributed by atoms with Crippen LogP contribution in [0.2, 0.25) is 0 Å². The molecule has 10 rings (SSSR count). The molecule has 3 heterocycles. The molecule has 0 saturated carbocycles. The molecule has 5 heteroatoms. The van der Waals surface area contributed by atoms with Gasteiger partial charge in [0.1, 0.15) is 11.2 Å². The lowest BCUT2D eigenvalue weighted by Gasteiger charge is -2.11. The Balaban J connectivity index is 1.27. The van der Waals surface area contributed by atoms with Gasteiger partial charge in [0.2, 0.25) is 0 Å². The smallest absolute Gasteiger partial charge is 0.164 e. The fourth-order valence-electron chi connectivity index (χ4n) is 6.28. The summed E-state index contributed by atoms with van der Waals surface area (Å²) in [6, 6.07) is 24.7. The molecule has 0 N–H and O–H groups in total. The molecule has 0 fully saturated rings. The third kappa shape index (κ3) is 4.79. The minimum Gasteiger partial charge on any atom is -0.456 e. The molecule has 0 atom stereocenters. The molecule has 4 nitrogen and oxygen atoms in total. The first kappa shape index (κ1) is 19.5. The van der Waals surface area contributed by atoms with Gasteiger partial charge in [-0.25, -0.2) is 15.0 Å². The van der Waals surface area contributed by atoms with Gasteiger partial charge in [-0.15, -0.1) is 11.3 Å². The van der Waals surface area contributed by atoms with Crippen LogP contribution in [-0.2, 0) is 0 Å². The number of aromatic nitrogens is 3. The van der Waals surface area contributed by atoms with E-state index >= 15 is 0 Å². The highest BCUT2D eigenvalue weighted by atomic mass is 32.1. The zero-order valence-corrected chi connectivity index (χ0v) is 26.7. The summed E-state index contributed by atoms with van der Waals surface area (Å²) in [5, 5.41) is 1.80. The molecule has 10 aromatic rings. The Morgan fingerprint density at radius 3 is 1.96 bits per heavy atom. The molecule has 0 spiro atoms. The van der Waals surface area contributed by atoms with E-state index in [1.54, 1.807) is 0 Å². The Labute approximate surface area is 307 Å². The van der Waals surface area contributed by atoms with Crippen molar-refractivity contribution in [2.75, 3.05) is 0 Å². The lowest BCUT2D eigenvalue weighted by Crippen LogP contribution is -2.00. The number of hydrogen-bond acceptors (Lipinski definition) is 5. The average Bonchev–Trinajstić information content (AvgIpc) is 3.87. The minimum absolute atomic E-state index is 0.0167. The van der Waals surface area contributed by atoms with Crippen LogP contribution in [0.5, 0.6) is 0 Å². The summed E-state index contributed by atoms with van der Waals surface area (Å²) in [4.78, 5) is 14.6. The highest BCUT2D eigenvalue weighted by Gasteiger charge is 2.19. The molecule has 0 amide bonds. The second-order valence-electron chi connectivity index (χ2n) is 11.5. The van der Waals surface area contributed by atoms with Gasteiger partial charge < -0.3 is 4.42 Å². The Bertz CT molecular complexity index is 3470. The Morgan fingerprint density at radius 2 is 1.16 bits per heavy atom. The lowest BCUT2D eigenvalue weighted by atomic mass is 9.97. The van der Waals surface area contributed by atoms with Crippen molar-refractivity contribution in [3.63, 3.8) is 0 Å². The predicted molar refractivity (Wildman–Crippen MR) is 207 cm³/mol. The van der Waals surface area contributed by atoms with Gasteiger partial charge in [-0.3, -0.25) is 0 Å². The van der Waals surface area contributed by atoms with Crippen LogP contribution in [0.3, 0.4) is 0 Å². The fourth-order valence-corrected chi connectivity index (χ4v) is 7.30. The highest BCUT2D eigenvalue weighted by Crippen LogP contribution is 2.42. The number of hydrogen-bond donors (Lipinski definition) is 0. The molecule has 0 unspecified atom stereocenters. The van der Waals surface area contributed by atoms with Crippen LogP contribution >= 0.6 is 11.3 Å². The second kappa shape index (κ2) is 11.6. The lowest BCUT2D eigenvalue weighted by molar-refractivity contribution is 0.669. The number of rotatable bonds is 5. The third-order valence-corrected chi connectivity index (χ3v) is 9.56. The molecule has 0 aliphatic rings. The Hall–Kier alpha value is -6.43. The van der Waals surface area contributed by atoms with E-state index in [-0.39, 0.29) is 60.4 Å². The highest BCUT2D eigenvalue weighted by molar-refractivity contribution is 7.26. The number of benzene rings is 7. The van der Waals surface area contributed by atoms with Crippen LogP contribution in [-0.4, -0.2) is 15.0 Å². The summed E-state index contributed by atoms with van der Waals surface area (Å²) < 4.78 is 104. The molecule has 0 saturated heterocycles. The van der Waals surface area contributed by atoms with Crippen LogP contribution < -0.4 is 0 Å². The summed E-state index contributed by atoms with van der Waals surface area (Å²) in [6.45, 7) is 0. The first-order valence-electron chi connectivity index (χ1n) is 21.2. The maximum atomic E-state index is 9.62. The topological polar surface area (TPSA) is 51.8 Å². The van der Waals surface area contributed by atoms with Gasteiger partial charge in [-0.2, -0.15) is 0 Å². The van der Waals surface area contributed by atoms with Crippen molar-refractivity contribution in [3.8, 4) is 56.4 Å². The number of nitrogens with zero attached hydrogens (tertiary/aromatic N) is 3. The zero-order valence-electron chi connectivity index (χ0n) is 36.9. The van der Waals surface area contributed by atoms with Crippen LogP contribution in [0.4, 0.5) is 0 Å². The molecular formula is C45H27N3OS. The van der Waals surface area contributed by atoms with Crippen LogP contribution in [0.1, 0.15) is 15.1 Å². The van der Waals surface area contributed by atoms with Crippen LogP contribution in [0, 0.1) is 0 Å². The molecule has 3 aromatic heterocycles. The molecule has 7 aromatic carbocycles. The van der Waals surface area contributed by atoms with Gasteiger partial charge in [0, 0.05) is 47.6 Å². The molecule has 0 aliphatic heterocycles. The summed E-state index contributed by atoms with van der Waals surface area (Å²) in [5.74, 6) is 0.375. The maximum absolute atomic E-state index is 9.62. The Kier molecular flexibility index (Phi) is 4.54. The van der Waals surface area contributed by atoms with Crippen molar-refractivity contribution in [2.45, 2.75) is 0 Å². The minimum atomic E-state index is -0.657. The van der Waals surface area contributed by atoms with Crippen molar-refractivity contribution >= 4 is 53.4 Å². The molecule has 234 valence electrons. The predicted octanol–water partition coefficient (Wildman–Crippen LogP) is 12.5. The van der Waals surface area contributed by atoms with Crippen LogP contribution in [0.15, 0.2) is 168 Å². The van der Waals surface area contributed by atoms with E-state index in [1.807, 2.05) is 97.1 Å². The van der Waals surface area contributed by atoms with E-state index in [0.29, 0.717) is 22.3 Å². The van der Waals surface area contributed by atoms with Gasteiger partial charge in [-0.1, -0.05) is 133 Å². The van der Waals surface area contributed by atoms with Crippen molar-refractivity contribution in [2.24, 2.45) is 0 Å². The summed E-state index contributed by atoms with van der Waals surface area (Å²) >= 11 is 0.887. The maximum Gasteiger partial charge on any atom is 0.164 e. The zero-order chi connectivity index (χ0) is 42.6. The monoisotopic (exact) mass is 668 g/mol. The molecule has 0 bridgehead atoms. The van der Waals surface area contributed by atoms with Crippen molar-refractivity contribution < 1.29 is 19.5 Å². The summed E-state index contributed by atoms with van der Waals surface area (Å²) in [7, 11) is 0. The van der Waals surface area contributed by atoms with Gasteiger partial charge in [0.15, 0.2) is 17.5 Å². The fraction of sp³-hybridized carbons (Fsp3) is 0. The van der Waals surface area contributed by atoms with Crippen molar-refractivity contribution in [1.82, 2.24) is 15.0 Å². The largest absolute Gasteiger partial charge is 0.456 e. The molecule has 0 aliphatic carbocycles. The molecular weight excluding hydrogens is 631 g/mol. The van der Waals surface area contributed by atoms with E-state index in [2.05, 4.69) is 0 Å². The average molecular weight is 669 g/mol. The second-order valence-corrected chi connectivity index (χ2v) is 12.6. The molecule has 0 radical (unpaired) electrons. The summed E-state index contributed by atoms with van der Waals surface area (Å²) in [6.07, 6.45) is 0. The number of furan rings is 1. The standard InChI is InChI=1S/C45H27N3OS/c1-4-13-28(14-5-1)33-20-12-22-39-42(33)35-24-23-31(27-40(35)50-39)44-46-43(30-17-8-3-9-18-30)47-45(48-44)32-25-36(29-15-6-2-7-16-29)41-34-19-10-11-21-37(34)49-38(41)26-32/h1-27H/i1D,4D,5D,12D,13D,14D,20D,22D,23D,24D,27D. The van der Waals surface area contributed by atoms with E-state index in [0.717, 1.165) is 33.2 Å². The van der Waals surface area contributed by atoms with E-state index in [1.165, 1.54) is 0 Å². The number of fused-ring (bicyclic) bond motifs is 6. The SMILES string of the molecule is [2H]c1c([2H])c([2H])c(-c2c([2H])c([2H])c([2H])c3sc4c([2H])c(-c5nc(-c6ccccc6)nc(-c6cc(-c7ccccc7)c7c(c6)oc6ccccc67)n5)c([2H])c([2H])c4c23)c([2H])c1[2H]. The first-order valence-corrected chi connectivity index (χ1v) is 16.5. The first-order chi connectivity index (χ1) is 29.3. The van der Waals surface area contributed by atoms with E-state index < -0.39 is 60.4 Å². The van der Waals surface area contributed by atoms with Gasteiger partial charge in [0.05, 0.1) is 15.1 Å². The number of thiophene rings is 1. The number of para-hydroxylation sites is 1. The third-order valence-electron chi connectivity index (χ3n) is 8.54. The quantitative estimate of drug-likeness (QED) is 0.183. The van der Waals surface area contributed by atoms with Crippen molar-refractivity contribution in [3.05, 3.63) is 164 Å². The Morgan fingerprint density at radius 1 is 0.460 bits per heavy atom. The summed E-state index contributed by atoms with van der Waals surface area (Å²) in [5.41, 5.74) is 3.55. The van der Waals surface area contributed by atoms with Crippen molar-refractivity contribution in [1.29, 1.82) is 0 Å². The van der Waals surface area contributed by atoms with Gasteiger partial charge in [0.25, 0.3) is 0 Å².